The first kappa shape index (κ1) is 11.1. The molecule has 1 atom stereocenters. The number of carbonyl (C=O) groups is 1. The van der Waals surface area contributed by atoms with Gasteiger partial charge in [0.1, 0.15) is 0 Å². The lowest BCUT2D eigenvalue weighted by Crippen LogP contribution is -2.46. The van der Waals surface area contributed by atoms with Crippen LogP contribution in [-0.2, 0) is 11.2 Å². The second-order valence-electron chi connectivity index (χ2n) is 4.27. The fraction of sp³-hybridized carbons (Fsp3) is 0.500. The van der Waals surface area contributed by atoms with Crippen molar-refractivity contribution < 1.29 is 4.79 Å². The molecule has 0 aromatic carbocycles. The molecule has 0 bridgehead atoms. The Bertz CT molecular complexity index is 353. The molecule has 86 valence electrons. The first-order valence-corrected chi connectivity index (χ1v) is 5.68. The molecule has 1 amide bonds. The fourth-order valence-electron chi connectivity index (χ4n) is 2.02. The standard InChI is InChI=1S/C12H17N3O/c13-11-2-1-7-15(9-11)12(16)8-10-3-5-14-6-4-10/h3-6,11H,1-2,7-9,13H2. The normalized spacial score (nSPS) is 20.8. The predicted octanol–water partition coefficient (Wildman–Crippen LogP) is 0.574. The largest absolute Gasteiger partial charge is 0.341 e. The number of amides is 1. The van der Waals surface area contributed by atoms with E-state index in [0.717, 1.165) is 24.9 Å². The summed E-state index contributed by atoms with van der Waals surface area (Å²) in [5.74, 6) is 0.168. The molecule has 1 aliphatic rings. The first-order valence-electron chi connectivity index (χ1n) is 5.68. The first-order chi connectivity index (χ1) is 7.75. The van der Waals surface area contributed by atoms with Crippen LogP contribution in [0.3, 0.4) is 0 Å². The van der Waals surface area contributed by atoms with Crippen LogP contribution < -0.4 is 5.73 Å². The minimum Gasteiger partial charge on any atom is -0.341 e. The third-order valence-corrected chi connectivity index (χ3v) is 2.92. The van der Waals surface area contributed by atoms with Gasteiger partial charge in [-0.2, -0.15) is 0 Å². The number of piperidine rings is 1. The van der Waals surface area contributed by atoms with Gasteiger partial charge in [0.05, 0.1) is 6.42 Å². The molecule has 0 spiro atoms. The fourth-order valence-corrected chi connectivity index (χ4v) is 2.02. The van der Waals surface area contributed by atoms with Gasteiger partial charge in [-0.05, 0) is 30.5 Å². The molecule has 1 aliphatic heterocycles. The van der Waals surface area contributed by atoms with E-state index in [9.17, 15) is 4.79 Å². The van der Waals surface area contributed by atoms with E-state index in [1.54, 1.807) is 12.4 Å². The molecule has 1 aromatic heterocycles. The van der Waals surface area contributed by atoms with E-state index in [1.165, 1.54) is 0 Å². The number of nitrogens with two attached hydrogens (primary N) is 1. The molecule has 2 heterocycles. The molecule has 4 heteroatoms. The SMILES string of the molecule is NC1CCCN(C(=O)Cc2ccncc2)C1. The van der Waals surface area contributed by atoms with Crippen LogP contribution in [0.1, 0.15) is 18.4 Å². The summed E-state index contributed by atoms with van der Waals surface area (Å²) in [5.41, 5.74) is 6.87. The van der Waals surface area contributed by atoms with Crippen LogP contribution in [-0.4, -0.2) is 34.9 Å². The van der Waals surface area contributed by atoms with Crippen molar-refractivity contribution in [2.45, 2.75) is 25.3 Å². The Morgan fingerprint density at radius 1 is 1.50 bits per heavy atom. The van der Waals surface area contributed by atoms with Crippen molar-refractivity contribution in [2.75, 3.05) is 13.1 Å². The zero-order valence-corrected chi connectivity index (χ0v) is 9.30. The number of rotatable bonds is 2. The third-order valence-electron chi connectivity index (χ3n) is 2.92. The second kappa shape index (κ2) is 5.07. The van der Waals surface area contributed by atoms with Crippen molar-refractivity contribution in [3.05, 3.63) is 30.1 Å². The molecule has 0 saturated carbocycles. The van der Waals surface area contributed by atoms with E-state index in [2.05, 4.69) is 4.98 Å². The molecule has 1 saturated heterocycles. The topological polar surface area (TPSA) is 59.2 Å². The average Bonchev–Trinajstić information content (AvgIpc) is 2.30. The number of pyridine rings is 1. The van der Waals surface area contributed by atoms with Crippen LogP contribution in [0.15, 0.2) is 24.5 Å². The quantitative estimate of drug-likeness (QED) is 0.791. The van der Waals surface area contributed by atoms with E-state index in [-0.39, 0.29) is 11.9 Å². The van der Waals surface area contributed by atoms with Crippen molar-refractivity contribution in [1.82, 2.24) is 9.88 Å². The van der Waals surface area contributed by atoms with Crippen LogP contribution in [0.25, 0.3) is 0 Å². The maximum absolute atomic E-state index is 12.0. The number of hydrogen-bond acceptors (Lipinski definition) is 3. The summed E-state index contributed by atoms with van der Waals surface area (Å²) >= 11 is 0. The van der Waals surface area contributed by atoms with Gasteiger partial charge >= 0.3 is 0 Å². The Labute approximate surface area is 95.5 Å². The van der Waals surface area contributed by atoms with Gasteiger partial charge in [0.2, 0.25) is 5.91 Å². The summed E-state index contributed by atoms with van der Waals surface area (Å²) in [6, 6.07) is 3.90. The van der Waals surface area contributed by atoms with Crippen LogP contribution in [0.4, 0.5) is 0 Å². The van der Waals surface area contributed by atoms with Crippen molar-refractivity contribution in [3.8, 4) is 0 Å². The molecule has 1 aromatic rings. The van der Waals surface area contributed by atoms with Crippen molar-refractivity contribution in [3.63, 3.8) is 0 Å². The molecule has 4 nitrogen and oxygen atoms in total. The van der Waals surface area contributed by atoms with Crippen LogP contribution in [0, 0.1) is 0 Å². The number of aromatic nitrogens is 1. The van der Waals surface area contributed by atoms with E-state index < -0.39 is 0 Å². The van der Waals surface area contributed by atoms with E-state index in [4.69, 9.17) is 5.73 Å². The van der Waals surface area contributed by atoms with Gasteiger partial charge in [-0.3, -0.25) is 9.78 Å². The maximum Gasteiger partial charge on any atom is 0.227 e. The molecule has 16 heavy (non-hydrogen) atoms. The number of nitrogens with zero attached hydrogens (tertiary/aromatic N) is 2. The van der Waals surface area contributed by atoms with Crippen LogP contribution in [0.5, 0.6) is 0 Å². The van der Waals surface area contributed by atoms with E-state index >= 15 is 0 Å². The van der Waals surface area contributed by atoms with Crippen molar-refractivity contribution in [2.24, 2.45) is 5.73 Å². The highest BCUT2D eigenvalue weighted by Crippen LogP contribution is 2.10. The summed E-state index contributed by atoms with van der Waals surface area (Å²) in [6.45, 7) is 1.54. The minimum atomic E-state index is 0.148. The van der Waals surface area contributed by atoms with Crippen LogP contribution >= 0.6 is 0 Å². The van der Waals surface area contributed by atoms with Gasteiger partial charge in [0.15, 0.2) is 0 Å². The molecule has 0 aliphatic carbocycles. The lowest BCUT2D eigenvalue weighted by atomic mass is 10.1. The Morgan fingerprint density at radius 3 is 2.94 bits per heavy atom. The van der Waals surface area contributed by atoms with Gasteiger partial charge in [0, 0.05) is 31.5 Å². The van der Waals surface area contributed by atoms with Gasteiger partial charge in [-0.15, -0.1) is 0 Å². The Balaban J connectivity index is 1.93. The van der Waals surface area contributed by atoms with E-state index in [1.807, 2.05) is 17.0 Å². The highest BCUT2D eigenvalue weighted by Gasteiger charge is 2.20. The average molecular weight is 219 g/mol. The molecule has 1 fully saturated rings. The molecule has 1 unspecified atom stereocenters. The van der Waals surface area contributed by atoms with Gasteiger partial charge in [-0.25, -0.2) is 0 Å². The lowest BCUT2D eigenvalue weighted by molar-refractivity contribution is -0.131. The molecular weight excluding hydrogens is 202 g/mol. The molecule has 0 radical (unpaired) electrons. The monoisotopic (exact) mass is 219 g/mol. The molecule has 2 rings (SSSR count). The van der Waals surface area contributed by atoms with Gasteiger partial charge in [-0.1, -0.05) is 0 Å². The highest BCUT2D eigenvalue weighted by atomic mass is 16.2. The third kappa shape index (κ3) is 2.79. The Kier molecular flexibility index (Phi) is 3.51. The zero-order chi connectivity index (χ0) is 11.4. The molecule has 2 N–H and O–H groups in total. The maximum atomic E-state index is 12.0. The van der Waals surface area contributed by atoms with Gasteiger partial charge < -0.3 is 10.6 Å². The summed E-state index contributed by atoms with van der Waals surface area (Å²) in [7, 11) is 0. The van der Waals surface area contributed by atoms with Crippen LogP contribution in [0.2, 0.25) is 0 Å². The van der Waals surface area contributed by atoms with E-state index in [0.29, 0.717) is 13.0 Å². The second-order valence-corrected chi connectivity index (χ2v) is 4.27. The molecular formula is C12H17N3O. The smallest absolute Gasteiger partial charge is 0.227 e. The zero-order valence-electron chi connectivity index (χ0n) is 9.30. The number of hydrogen-bond donors (Lipinski definition) is 1. The van der Waals surface area contributed by atoms with Crippen molar-refractivity contribution in [1.29, 1.82) is 0 Å². The van der Waals surface area contributed by atoms with Crippen molar-refractivity contribution >= 4 is 5.91 Å². The number of likely N-dealkylation sites (tertiary alicyclic amines) is 1. The predicted molar refractivity (Wildman–Crippen MR) is 61.7 cm³/mol. The minimum absolute atomic E-state index is 0.148. The summed E-state index contributed by atoms with van der Waals surface area (Å²) in [5, 5.41) is 0. The highest BCUT2D eigenvalue weighted by molar-refractivity contribution is 5.78. The van der Waals surface area contributed by atoms with Gasteiger partial charge in [0.25, 0.3) is 0 Å². The number of carbonyl (C=O) groups excluding carboxylic acids is 1. The summed E-state index contributed by atoms with van der Waals surface area (Å²) in [6.07, 6.45) is 5.92. The summed E-state index contributed by atoms with van der Waals surface area (Å²) < 4.78 is 0. The Hall–Kier alpha value is -1.42. The Morgan fingerprint density at radius 2 is 2.25 bits per heavy atom. The summed E-state index contributed by atoms with van der Waals surface area (Å²) in [4.78, 5) is 17.8. The lowest BCUT2D eigenvalue weighted by Gasteiger charge is -2.30.